The van der Waals surface area contributed by atoms with Crippen LogP contribution in [-0.4, -0.2) is 12.0 Å². The monoisotopic (exact) mass is 254 g/mol. The van der Waals surface area contributed by atoms with E-state index in [0.29, 0.717) is 11.4 Å². The first-order valence-electron chi connectivity index (χ1n) is 5.70. The first-order chi connectivity index (χ1) is 9.24. The van der Waals surface area contributed by atoms with Gasteiger partial charge in [0.2, 0.25) is 0 Å². The first-order valence-corrected chi connectivity index (χ1v) is 5.70. The van der Waals surface area contributed by atoms with Crippen LogP contribution in [0.4, 0.5) is 11.4 Å². The molecule has 5 heteroatoms. The summed E-state index contributed by atoms with van der Waals surface area (Å²) in [6.45, 7) is 0. The minimum atomic E-state index is -0.0524. The Labute approximate surface area is 111 Å². The van der Waals surface area contributed by atoms with Gasteiger partial charge in [-0.1, -0.05) is 36.4 Å². The molecule has 0 amide bonds. The number of nitrogens with zero attached hydrogens (tertiary/aromatic N) is 2. The van der Waals surface area contributed by atoms with Crippen LogP contribution in [0.25, 0.3) is 0 Å². The summed E-state index contributed by atoms with van der Waals surface area (Å²) in [6.07, 6.45) is 0. The first kappa shape index (κ1) is 12.6. The van der Waals surface area contributed by atoms with Crippen molar-refractivity contribution >= 4 is 23.4 Å². The summed E-state index contributed by atoms with van der Waals surface area (Å²) >= 11 is 0. The van der Waals surface area contributed by atoms with Crippen LogP contribution < -0.4 is 11.5 Å². The average Bonchev–Trinajstić information content (AvgIpc) is 2.40. The fourth-order valence-electron chi connectivity index (χ4n) is 1.41. The fraction of sp³-hybridized carbons (Fsp3) is 0. The molecule has 0 spiro atoms. The van der Waals surface area contributed by atoms with Crippen LogP contribution >= 0.6 is 0 Å². The van der Waals surface area contributed by atoms with Crippen molar-refractivity contribution in [1.29, 1.82) is 0 Å². The van der Waals surface area contributed by atoms with Crippen molar-refractivity contribution in [3.63, 3.8) is 0 Å². The zero-order valence-electron chi connectivity index (χ0n) is 10.2. The van der Waals surface area contributed by atoms with Gasteiger partial charge in [0.15, 0.2) is 0 Å². The molecule has 0 aliphatic carbocycles. The van der Waals surface area contributed by atoms with E-state index in [1.54, 1.807) is 24.3 Å². The van der Waals surface area contributed by atoms with Crippen LogP contribution in [0, 0.1) is 0 Å². The van der Waals surface area contributed by atoms with E-state index in [0.717, 1.165) is 0 Å². The molecular weight excluding hydrogens is 240 g/mol. The van der Waals surface area contributed by atoms with Gasteiger partial charge in [0.05, 0.1) is 11.4 Å². The Balaban J connectivity index is 2.05. The molecule has 5 nitrogen and oxygen atoms in total. The lowest BCUT2D eigenvalue weighted by molar-refractivity contribution is 0.528. The highest BCUT2D eigenvalue weighted by atomic mass is 16.5. The molecule has 0 heterocycles. The molecule has 4 N–H and O–H groups in total. The molecule has 2 rings (SSSR count). The topological polar surface area (TPSA) is 86.0 Å². The van der Waals surface area contributed by atoms with Crippen molar-refractivity contribution in [2.75, 3.05) is 0 Å². The summed E-state index contributed by atoms with van der Waals surface area (Å²) in [5.41, 5.74) is 12.6. The lowest BCUT2D eigenvalue weighted by Gasteiger charge is -2.03. The van der Waals surface area contributed by atoms with E-state index < -0.39 is 0 Å². The molecule has 0 atom stereocenters. The summed E-state index contributed by atoms with van der Waals surface area (Å²) in [7, 11) is 0. The van der Waals surface area contributed by atoms with Crippen molar-refractivity contribution in [3.05, 3.63) is 60.7 Å². The predicted molar refractivity (Wildman–Crippen MR) is 76.5 cm³/mol. The van der Waals surface area contributed by atoms with Gasteiger partial charge in [-0.25, -0.2) is 0 Å². The van der Waals surface area contributed by atoms with E-state index >= 15 is 0 Å². The normalized spacial score (nSPS) is 12.2. The van der Waals surface area contributed by atoms with Crippen LogP contribution in [0.15, 0.2) is 70.6 Å². The van der Waals surface area contributed by atoms with Gasteiger partial charge in [-0.2, -0.15) is 9.98 Å². The second-order valence-electron chi connectivity index (χ2n) is 3.67. The minimum absolute atomic E-state index is 0.0524. The Kier molecular flexibility index (Phi) is 4.12. The third-order valence-corrected chi connectivity index (χ3v) is 2.20. The van der Waals surface area contributed by atoms with E-state index in [9.17, 15) is 0 Å². The Morgan fingerprint density at radius 2 is 1.05 bits per heavy atom. The van der Waals surface area contributed by atoms with Gasteiger partial charge >= 0.3 is 0 Å². The Bertz CT molecular complexity index is 525. The van der Waals surface area contributed by atoms with Crippen LogP contribution in [0.5, 0.6) is 0 Å². The molecule has 0 saturated heterocycles. The Hall–Kier alpha value is -2.82. The number of aliphatic imine (C=N–C) groups is 2. The number of para-hydroxylation sites is 2. The number of hydrogen-bond acceptors (Lipinski definition) is 3. The second kappa shape index (κ2) is 6.20. The third kappa shape index (κ3) is 4.16. The molecule has 2 aromatic carbocycles. The van der Waals surface area contributed by atoms with Crippen molar-refractivity contribution in [2.45, 2.75) is 0 Å². The maximum Gasteiger partial charge on any atom is 0.295 e. The Morgan fingerprint density at radius 3 is 1.42 bits per heavy atom. The maximum absolute atomic E-state index is 5.63. The summed E-state index contributed by atoms with van der Waals surface area (Å²) < 4.78 is 5.11. The molecule has 0 aliphatic rings. The average molecular weight is 254 g/mol. The van der Waals surface area contributed by atoms with Gasteiger partial charge in [0, 0.05) is 0 Å². The second-order valence-corrected chi connectivity index (χ2v) is 3.67. The van der Waals surface area contributed by atoms with E-state index in [2.05, 4.69) is 9.98 Å². The maximum atomic E-state index is 5.63. The van der Waals surface area contributed by atoms with Gasteiger partial charge in [0.1, 0.15) is 0 Å². The van der Waals surface area contributed by atoms with Crippen LogP contribution in [0.1, 0.15) is 0 Å². The largest absolute Gasteiger partial charge is 0.392 e. The number of nitrogens with two attached hydrogens (primary N) is 2. The highest BCUT2D eigenvalue weighted by molar-refractivity contribution is 5.89. The molecule has 0 saturated carbocycles. The number of rotatable bonds is 2. The predicted octanol–water partition coefficient (Wildman–Crippen LogP) is 2.30. The SMILES string of the molecule is NC(=Nc1ccccc1)OC(N)=Nc1ccccc1. The number of amidine groups is 2. The quantitative estimate of drug-likeness (QED) is 0.636. The van der Waals surface area contributed by atoms with Crippen LogP contribution in [0.2, 0.25) is 0 Å². The summed E-state index contributed by atoms with van der Waals surface area (Å²) in [5.74, 6) is 0. The number of benzene rings is 2. The van der Waals surface area contributed by atoms with Gasteiger partial charge in [-0.15, -0.1) is 0 Å². The highest BCUT2D eigenvalue weighted by Crippen LogP contribution is 2.11. The van der Waals surface area contributed by atoms with Gasteiger partial charge in [-0.05, 0) is 24.3 Å². The Morgan fingerprint density at radius 1 is 0.684 bits per heavy atom. The lowest BCUT2D eigenvalue weighted by Crippen LogP contribution is -2.26. The zero-order valence-corrected chi connectivity index (χ0v) is 10.2. The molecule has 0 aromatic heterocycles. The minimum Gasteiger partial charge on any atom is -0.392 e. The number of ether oxygens (including phenoxy) is 1. The third-order valence-electron chi connectivity index (χ3n) is 2.20. The summed E-state index contributed by atoms with van der Waals surface area (Å²) in [5, 5.41) is 0. The molecule has 2 aromatic rings. The molecule has 0 radical (unpaired) electrons. The number of hydrogen-bond donors (Lipinski definition) is 2. The van der Waals surface area contributed by atoms with Gasteiger partial charge in [0.25, 0.3) is 12.0 Å². The van der Waals surface area contributed by atoms with Crippen molar-refractivity contribution in [3.8, 4) is 0 Å². The lowest BCUT2D eigenvalue weighted by atomic mass is 10.3. The van der Waals surface area contributed by atoms with Crippen LogP contribution in [0.3, 0.4) is 0 Å². The van der Waals surface area contributed by atoms with E-state index in [1.807, 2.05) is 36.4 Å². The summed E-state index contributed by atoms with van der Waals surface area (Å²) in [4.78, 5) is 8.10. The molecule has 96 valence electrons. The molecule has 0 aliphatic heterocycles. The van der Waals surface area contributed by atoms with Crippen molar-refractivity contribution < 1.29 is 4.74 Å². The smallest absolute Gasteiger partial charge is 0.295 e. The molecular formula is C14H14N4O. The molecule has 0 bridgehead atoms. The van der Waals surface area contributed by atoms with Gasteiger partial charge in [-0.3, -0.25) is 0 Å². The fourth-order valence-corrected chi connectivity index (χ4v) is 1.41. The van der Waals surface area contributed by atoms with Gasteiger partial charge < -0.3 is 16.2 Å². The van der Waals surface area contributed by atoms with E-state index in [-0.39, 0.29) is 12.0 Å². The standard InChI is InChI=1S/C14H14N4O/c15-13(17-11-7-3-1-4-8-11)19-14(16)18-12-9-5-2-6-10-12/h1-10H,(H2,15,17)(H2,16,18). The summed E-state index contributed by atoms with van der Waals surface area (Å²) in [6, 6.07) is 18.3. The highest BCUT2D eigenvalue weighted by Gasteiger charge is 1.99. The molecule has 0 unspecified atom stereocenters. The van der Waals surface area contributed by atoms with E-state index in [4.69, 9.17) is 16.2 Å². The van der Waals surface area contributed by atoms with Crippen molar-refractivity contribution in [2.24, 2.45) is 21.5 Å². The van der Waals surface area contributed by atoms with E-state index in [1.165, 1.54) is 0 Å². The van der Waals surface area contributed by atoms with Crippen molar-refractivity contribution in [1.82, 2.24) is 0 Å². The molecule has 19 heavy (non-hydrogen) atoms. The van der Waals surface area contributed by atoms with Crippen LogP contribution in [-0.2, 0) is 4.74 Å². The molecule has 0 fully saturated rings. The zero-order chi connectivity index (χ0) is 13.5.